The third-order valence-electron chi connectivity index (χ3n) is 4.51. The van der Waals surface area contributed by atoms with Gasteiger partial charge in [-0.2, -0.15) is 0 Å². The maximum absolute atomic E-state index is 13.3. The normalized spacial score (nSPS) is 13.0. The molecule has 0 fully saturated rings. The molecule has 0 aliphatic carbocycles. The number of nitrogens with zero attached hydrogens (tertiary/aromatic N) is 4. The maximum Gasteiger partial charge on any atom is 0.205 e. The monoisotopic (exact) mass is 360 g/mol. The van der Waals surface area contributed by atoms with Gasteiger partial charge < -0.3 is 9.64 Å². The maximum atomic E-state index is 13.3. The average Bonchev–Trinajstić information content (AvgIpc) is 2.67. The van der Waals surface area contributed by atoms with Gasteiger partial charge in [-0.25, -0.2) is 9.24 Å². The Kier molecular flexibility index (Phi) is 4.43. The molecule has 0 atom stereocenters. The zero-order chi connectivity index (χ0) is 18.8. The number of aryl methyl sites for hydroxylation is 1. The van der Waals surface area contributed by atoms with Crippen molar-refractivity contribution in [2.24, 2.45) is 0 Å². The van der Waals surface area contributed by atoms with E-state index < -0.39 is 0 Å². The Morgan fingerprint density at radius 1 is 1.15 bits per heavy atom. The quantitative estimate of drug-likeness (QED) is 0.628. The van der Waals surface area contributed by atoms with Crippen molar-refractivity contribution in [1.29, 1.82) is 0 Å². The number of hydrogen-bond acceptors (Lipinski definition) is 4. The van der Waals surface area contributed by atoms with E-state index in [0.29, 0.717) is 23.7 Å². The van der Waals surface area contributed by atoms with Gasteiger partial charge in [0.05, 0.1) is 12.8 Å². The number of pyridine rings is 2. The Morgan fingerprint density at radius 3 is 2.81 bits per heavy atom. The van der Waals surface area contributed by atoms with Gasteiger partial charge >= 0.3 is 0 Å². The van der Waals surface area contributed by atoms with Crippen molar-refractivity contribution >= 4 is 11.5 Å². The van der Waals surface area contributed by atoms with Crippen molar-refractivity contribution in [3.05, 3.63) is 82.8 Å². The second-order valence-electron chi connectivity index (χ2n) is 6.45. The van der Waals surface area contributed by atoms with Crippen molar-refractivity contribution in [2.75, 3.05) is 11.4 Å². The molecule has 3 heterocycles. The van der Waals surface area contributed by atoms with Gasteiger partial charge in [0.15, 0.2) is 0 Å². The van der Waals surface area contributed by atoms with Crippen molar-refractivity contribution in [3.63, 3.8) is 0 Å². The summed E-state index contributed by atoms with van der Waals surface area (Å²) in [6, 6.07) is 9.84. The van der Waals surface area contributed by atoms with Crippen LogP contribution < -0.4 is 9.64 Å². The lowest BCUT2D eigenvalue weighted by Crippen LogP contribution is -2.32. The number of halogens is 1. The molecule has 0 radical (unpaired) electrons. The minimum absolute atomic E-state index is 0.339. The highest BCUT2D eigenvalue weighted by molar-refractivity contribution is 5.56. The molecule has 0 N–H and O–H groups in total. The van der Waals surface area contributed by atoms with Gasteiger partial charge in [-0.1, -0.05) is 6.07 Å². The topological polar surface area (TPSA) is 42.6 Å². The van der Waals surface area contributed by atoms with Crippen LogP contribution in [0.5, 0.6) is 11.5 Å². The van der Waals surface area contributed by atoms with Crippen molar-refractivity contribution < 1.29 is 9.13 Å². The molecule has 4 rings (SSSR count). The number of benzene rings is 1. The molecule has 6 heteroatoms. The van der Waals surface area contributed by atoms with Gasteiger partial charge in [0.2, 0.25) is 5.69 Å². The highest BCUT2D eigenvalue weighted by Crippen LogP contribution is 2.29. The van der Waals surface area contributed by atoms with Crippen LogP contribution in [0.25, 0.3) is 4.85 Å². The average molecular weight is 360 g/mol. The minimum atomic E-state index is -0.339. The summed E-state index contributed by atoms with van der Waals surface area (Å²) < 4.78 is 19.1. The molecule has 0 unspecified atom stereocenters. The first kappa shape index (κ1) is 17.0. The minimum Gasteiger partial charge on any atom is -0.456 e. The predicted molar refractivity (Wildman–Crippen MR) is 101 cm³/mol. The molecule has 0 saturated carbocycles. The number of aromatic nitrogens is 2. The SMILES string of the molecule is [C-]#[N+]c1cnc(N2CCc3ncc(Oc4cccc(F)c4)cc3C2)c(C)c1. The highest BCUT2D eigenvalue weighted by atomic mass is 19.1. The molecule has 3 aromatic rings. The van der Waals surface area contributed by atoms with Crippen LogP contribution in [-0.4, -0.2) is 16.5 Å². The molecule has 5 nitrogen and oxygen atoms in total. The molecular weight excluding hydrogens is 343 g/mol. The van der Waals surface area contributed by atoms with E-state index in [2.05, 4.69) is 19.7 Å². The van der Waals surface area contributed by atoms with Crippen LogP contribution >= 0.6 is 0 Å². The van der Waals surface area contributed by atoms with Crippen molar-refractivity contribution in [3.8, 4) is 11.5 Å². The van der Waals surface area contributed by atoms with Crippen LogP contribution in [0.3, 0.4) is 0 Å². The van der Waals surface area contributed by atoms with Crippen molar-refractivity contribution in [1.82, 2.24) is 9.97 Å². The Bertz CT molecular complexity index is 1040. The molecule has 2 aromatic heterocycles. The van der Waals surface area contributed by atoms with Crippen LogP contribution in [0, 0.1) is 19.3 Å². The number of rotatable bonds is 3. The molecule has 0 spiro atoms. The molecule has 0 bridgehead atoms. The van der Waals surface area contributed by atoms with Crippen LogP contribution in [0.2, 0.25) is 0 Å². The molecule has 27 heavy (non-hydrogen) atoms. The van der Waals surface area contributed by atoms with Gasteiger partial charge in [0, 0.05) is 37.5 Å². The predicted octanol–water partition coefficient (Wildman–Crippen LogP) is 4.83. The lowest BCUT2D eigenvalue weighted by Gasteiger charge is -2.30. The van der Waals surface area contributed by atoms with Crippen LogP contribution in [-0.2, 0) is 13.0 Å². The van der Waals surface area contributed by atoms with Gasteiger partial charge in [-0.15, -0.1) is 0 Å². The van der Waals surface area contributed by atoms with E-state index in [1.54, 1.807) is 24.5 Å². The first-order valence-electron chi connectivity index (χ1n) is 8.62. The van der Waals surface area contributed by atoms with E-state index in [4.69, 9.17) is 11.3 Å². The van der Waals surface area contributed by atoms with E-state index in [-0.39, 0.29) is 5.82 Å². The lowest BCUT2D eigenvalue weighted by molar-refractivity contribution is 0.472. The second kappa shape index (κ2) is 7.04. The summed E-state index contributed by atoms with van der Waals surface area (Å²) in [4.78, 5) is 14.6. The van der Waals surface area contributed by atoms with Crippen molar-refractivity contribution in [2.45, 2.75) is 19.9 Å². The molecule has 0 saturated heterocycles. The van der Waals surface area contributed by atoms with Crippen LogP contribution in [0.4, 0.5) is 15.9 Å². The number of ether oxygens (including phenoxy) is 1. The number of anilines is 1. The van der Waals surface area contributed by atoms with E-state index in [0.717, 1.165) is 35.6 Å². The highest BCUT2D eigenvalue weighted by Gasteiger charge is 2.20. The largest absolute Gasteiger partial charge is 0.456 e. The Morgan fingerprint density at radius 2 is 2.04 bits per heavy atom. The summed E-state index contributed by atoms with van der Waals surface area (Å²) in [6.45, 7) is 10.5. The number of fused-ring (bicyclic) bond motifs is 1. The van der Waals surface area contributed by atoms with E-state index in [1.165, 1.54) is 12.1 Å². The summed E-state index contributed by atoms with van der Waals surface area (Å²) in [6.07, 6.45) is 4.08. The van der Waals surface area contributed by atoms with E-state index in [9.17, 15) is 4.39 Å². The molecule has 1 aromatic carbocycles. The molecule has 134 valence electrons. The fraction of sp³-hybridized carbons (Fsp3) is 0.190. The smallest absolute Gasteiger partial charge is 0.205 e. The number of hydrogen-bond donors (Lipinski definition) is 0. The second-order valence-corrected chi connectivity index (χ2v) is 6.45. The van der Waals surface area contributed by atoms with Gasteiger partial charge in [-0.3, -0.25) is 9.97 Å². The third kappa shape index (κ3) is 3.58. The molecular formula is C21H17FN4O. The van der Waals surface area contributed by atoms with Gasteiger partial charge in [-0.05, 0) is 42.3 Å². The molecule has 1 aliphatic rings. The first-order valence-corrected chi connectivity index (χ1v) is 8.62. The Balaban J connectivity index is 1.57. The first-order chi connectivity index (χ1) is 13.1. The summed E-state index contributed by atoms with van der Waals surface area (Å²) >= 11 is 0. The van der Waals surface area contributed by atoms with Crippen LogP contribution in [0.15, 0.2) is 48.8 Å². The van der Waals surface area contributed by atoms with Gasteiger partial charge in [0.1, 0.15) is 23.1 Å². The molecule has 0 amide bonds. The Labute approximate surface area is 156 Å². The summed E-state index contributed by atoms with van der Waals surface area (Å²) in [5, 5.41) is 0. The third-order valence-corrected chi connectivity index (χ3v) is 4.51. The fourth-order valence-electron chi connectivity index (χ4n) is 3.25. The molecule has 1 aliphatic heterocycles. The standard InChI is InChI=1S/C21H17FN4O/c1-14-8-17(23-2)11-25-21(14)26-7-6-20-15(13-26)9-19(12-24-20)27-18-5-3-4-16(22)10-18/h3-5,8-12H,6-7,13H2,1H3. The summed E-state index contributed by atoms with van der Waals surface area (Å²) in [5.74, 6) is 1.56. The van der Waals surface area contributed by atoms with E-state index in [1.807, 2.05) is 19.1 Å². The zero-order valence-corrected chi connectivity index (χ0v) is 14.8. The zero-order valence-electron chi connectivity index (χ0n) is 14.8. The summed E-state index contributed by atoms with van der Waals surface area (Å²) in [5.41, 5.74) is 3.62. The summed E-state index contributed by atoms with van der Waals surface area (Å²) in [7, 11) is 0. The van der Waals surface area contributed by atoms with Crippen LogP contribution in [0.1, 0.15) is 16.8 Å². The van der Waals surface area contributed by atoms with Gasteiger partial charge in [0.25, 0.3) is 0 Å². The lowest BCUT2D eigenvalue weighted by atomic mass is 10.0. The fourth-order valence-corrected chi connectivity index (χ4v) is 3.25. The Hall–Kier alpha value is -3.46. The van der Waals surface area contributed by atoms with E-state index >= 15 is 0 Å².